The second kappa shape index (κ2) is 4.49. The number of nitrogens with zero attached hydrogens (tertiary/aromatic N) is 1. The second-order valence-electron chi connectivity index (χ2n) is 6.35. The van der Waals surface area contributed by atoms with Gasteiger partial charge in [0.25, 0.3) is 0 Å². The zero-order valence-electron chi connectivity index (χ0n) is 11.2. The molecular formula is C16H20BrNO. The first-order valence-electron chi connectivity index (χ1n) is 7.46. The van der Waals surface area contributed by atoms with E-state index in [-0.39, 0.29) is 5.60 Å². The molecule has 0 unspecified atom stereocenters. The molecule has 0 radical (unpaired) electrons. The predicted octanol–water partition coefficient (Wildman–Crippen LogP) is 3.77. The summed E-state index contributed by atoms with van der Waals surface area (Å²) in [5.74, 6) is 1.12. The van der Waals surface area contributed by atoms with E-state index >= 15 is 0 Å². The van der Waals surface area contributed by atoms with Crippen molar-refractivity contribution in [2.24, 2.45) is 0 Å². The highest BCUT2D eigenvalue weighted by Gasteiger charge is 2.45. The van der Waals surface area contributed by atoms with Crippen molar-refractivity contribution in [3.05, 3.63) is 28.2 Å². The fourth-order valence-corrected chi connectivity index (χ4v) is 4.53. The summed E-state index contributed by atoms with van der Waals surface area (Å²) in [7, 11) is 0. The average molecular weight is 322 g/mol. The molecule has 0 aliphatic carbocycles. The third kappa shape index (κ3) is 2.11. The largest absolute Gasteiger partial charge is 0.487 e. The molecule has 3 aliphatic heterocycles. The third-order valence-corrected chi connectivity index (χ3v) is 5.57. The zero-order valence-corrected chi connectivity index (χ0v) is 12.8. The van der Waals surface area contributed by atoms with Gasteiger partial charge in [0.15, 0.2) is 0 Å². The maximum absolute atomic E-state index is 6.39. The Morgan fingerprint density at radius 3 is 3.16 bits per heavy atom. The number of ether oxygens (including phenoxy) is 1. The summed E-state index contributed by atoms with van der Waals surface area (Å²) in [6.07, 6.45) is 7.67. The first kappa shape index (κ1) is 12.2. The van der Waals surface area contributed by atoms with Crippen molar-refractivity contribution in [1.82, 2.24) is 4.90 Å². The predicted molar refractivity (Wildman–Crippen MR) is 79.7 cm³/mol. The van der Waals surface area contributed by atoms with Gasteiger partial charge in [0.05, 0.1) is 0 Å². The second-order valence-corrected chi connectivity index (χ2v) is 7.27. The van der Waals surface area contributed by atoms with Crippen molar-refractivity contribution in [3.63, 3.8) is 0 Å². The molecule has 4 rings (SSSR count). The lowest BCUT2D eigenvalue weighted by Gasteiger charge is -2.46. The number of hydrogen-bond donors (Lipinski definition) is 0. The third-order valence-electron chi connectivity index (χ3n) is 5.07. The molecule has 2 fully saturated rings. The molecule has 3 heterocycles. The molecule has 2 nitrogen and oxygen atoms in total. The van der Waals surface area contributed by atoms with Gasteiger partial charge < -0.3 is 9.64 Å². The Balaban J connectivity index is 1.57. The minimum absolute atomic E-state index is 0.0988. The standard InChI is InChI=1S/C16H20BrNO/c17-13-4-5-15-12(9-13)10-16(19-15)6-8-18-7-2-1-3-14(18)11-16/h4-5,9,14H,1-3,6-8,10-11H2/t14-,16-/m1/s1. The number of halogens is 1. The molecule has 0 saturated carbocycles. The van der Waals surface area contributed by atoms with E-state index < -0.39 is 0 Å². The van der Waals surface area contributed by atoms with Gasteiger partial charge in [-0.3, -0.25) is 0 Å². The van der Waals surface area contributed by atoms with Crippen LogP contribution in [0, 0.1) is 0 Å². The zero-order chi connectivity index (χ0) is 12.9. The van der Waals surface area contributed by atoms with Crippen LogP contribution in [-0.4, -0.2) is 29.6 Å². The van der Waals surface area contributed by atoms with Crippen LogP contribution in [0.3, 0.4) is 0 Å². The van der Waals surface area contributed by atoms with Gasteiger partial charge in [0.1, 0.15) is 11.4 Å². The van der Waals surface area contributed by atoms with E-state index in [1.54, 1.807) is 0 Å². The summed E-state index contributed by atoms with van der Waals surface area (Å²) in [6, 6.07) is 7.21. The van der Waals surface area contributed by atoms with E-state index in [0.717, 1.165) is 18.2 Å². The van der Waals surface area contributed by atoms with Crippen molar-refractivity contribution in [2.45, 2.75) is 50.2 Å². The first-order chi connectivity index (χ1) is 9.24. The fraction of sp³-hybridized carbons (Fsp3) is 0.625. The Labute approximate surface area is 123 Å². The van der Waals surface area contributed by atoms with Gasteiger partial charge in [-0.05, 0) is 43.1 Å². The van der Waals surface area contributed by atoms with E-state index in [1.165, 1.54) is 55.2 Å². The highest BCUT2D eigenvalue weighted by Crippen LogP contribution is 2.44. The minimum Gasteiger partial charge on any atom is -0.487 e. The maximum Gasteiger partial charge on any atom is 0.123 e. The van der Waals surface area contributed by atoms with Gasteiger partial charge >= 0.3 is 0 Å². The summed E-state index contributed by atoms with van der Waals surface area (Å²) in [5, 5.41) is 0. The van der Waals surface area contributed by atoms with Crippen molar-refractivity contribution in [3.8, 4) is 5.75 Å². The van der Waals surface area contributed by atoms with E-state index in [4.69, 9.17) is 4.74 Å². The summed E-state index contributed by atoms with van der Waals surface area (Å²) in [6.45, 7) is 2.53. The molecule has 0 bridgehead atoms. The summed E-state index contributed by atoms with van der Waals surface area (Å²) in [4.78, 5) is 2.69. The van der Waals surface area contributed by atoms with Gasteiger partial charge in [-0.2, -0.15) is 0 Å². The summed E-state index contributed by atoms with van der Waals surface area (Å²) in [5.41, 5.74) is 1.49. The van der Waals surface area contributed by atoms with Crippen molar-refractivity contribution in [2.75, 3.05) is 13.1 Å². The first-order valence-corrected chi connectivity index (χ1v) is 8.25. The van der Waals surface area contributed by atoms with Crippen LogP contribution < -0.4 is 4.74 Å². The van der Waals surface area contributed by atoms with E-state index in [9.17, 15) is 0 Å². The lowest BCUT2D eigenvalue weighted by molar-refractivity contribution is -0.0249. The molecule has 2 saturated heterocycles. The van der Waals surface area contributed by atoms with Crippen LogP contribution in [0.15, 0.2) is 22.7 Å². The van der Waals surface area contributed by atoms with E-state index in [1.807, 2.05) is 0 Å². The topological polar surface area (TPSA) is 12.5 Å². The highest BCUT2D eigenvalue weighted by molar-refractivity contribution is 9.10. The molecule has 1 aromatic rings. The monoisotopic (exact) mass is 321 g/mol. The maximum atomic E-state index is 6.39. The Kier molecular flexibility index (Phi) is 2.89. The minimum atomic E-state index is 0.0988. The van der Waals surface area contributed by atoms with Crippen LogP contribution in [0.5, 0.6) is 5.75 Å². The van der Waals surface area contributed by atoms with E-state index in [2.05, 4.69) is 39.0 Å². The SMILES string of the molecule is Brc1ccc2c(c1)C[C@@]1(CCN3CCCC[C@@H]3C1)O2. The van der Waals surface area contributed by atoms with Crippen LogP contribution in [0.25, 0.3) is 0 Å². The van der Waals surface area contributed by atoms with Crippen LogP contribution >= 0.6 is 15.9 Å². The van der Waals surface area contributed by atoms with Gasteiger partial charge in [-0.25, -0.2) is 0 Å². The van der Waals surface area contributed by atoms with Crippen LogP contribution in [0.4, 0.5) is 0 Å². The molecule has 102 valence electrons. The highest BCUT2D eigenvalue weighted by atomic mass is 79.9. The molecule has 3 aliphatic rings. The summed E-state index contributed by atoms with van der Waals surface area (Å²) < 4.78 is 7.56. The normalized spacial score (nSPS) is 33.8. The molecule has 1 spiro atoms. The van der Waals surface area contributed by atoms with Gasteiger partial charge in [0.2, 0.25) is 0 Å². The number of hydrogen-bond acceptors (Lipinski definition) is 2. The van der Waals surface area contributed by atoms with Crippen molar-refractivity contribution >= 4 is 15.9 Å². The molecule has 0 aromatic heterocycles. The Hall–Kier alpha value is -0.540. The van der Waals surface area contributed by atoms with Crippen LogP contribution in [0.2, 0.25) is 0 Å². The van der Waals surface area contributed by atoms with Crippen LogP contribution in [0.1, 0.15) is 37.7 Å². The molecule has 1 aromatic carbocycles. The smallest absolute Gasteiger partial charge is 0.123 e. The molecule has 19 heavy (non-hydrogen) atoms. The summed E-state index contributed by atoms with van der Waals surface area (Å²) >= 11 is 3.57. The Morgan fingerprint density at radius 2 is 2.21 bits per heavy atom. The molecule has 0 N–H and O–H groups in total. The average Bonchev–Trinajstić information content (AvgIpc) is 2.75. The Morgan fingerprint density at radius 1 is 1.26 bits per heavy atom. The fourth-order valence-electron chi connectivity index (χ4n) is 4.12. The van der Waals surface area contributed by atoms with Gasteiger partial charge in [-0.1, -0.05) is 22.4 Å². The molecule has 2 atom stereocenters. The quantitative estimate of drug-likeness (QED) is 0.721. The lowest BCUT2D eigenvalue weighted by atomic mass is 9.80. The molecule has 0 amide bonds. The van der Waals surface area contributed by atoms with Crippen molar-refractivity contribution < 1.29 is 4.74 Å². The van der Waals surface area contributed by atoms with Crippen molar-refractivity contribution in [1.29, 1.82) is 0 Å². The number of piperidine rings is 2. The van der Waals surface area contributed by atoms with Gasteiger partial charge in [-0.15, -0.1) is 0 Å². The number of benzene rings is 1. The number of fused-ring (bicyclic) bond motifs is 2. The lowest BCUT2D eigenvalue weighted by Crippen LogP contribution is -2.54. The Bertz CT molecular complexity index is 504. The molecular weight excluding hydrogens is 302 g/mol. The van der Waals surface area contributed by atoms with Gasteiger partial charge in [0, 0.05) is 36.3 Å². The van der Waals surface area contributed by atoms with E-state index in [0.29, 0.717) is 0 Å². The number of rotatable bonds is 0. The molecule has 3 heteroatoms. The van der Waals surface area contributed by atoms with Crippen LogP contribution in [-0.2, 0) is 6.42 Å².